The van der Waals surface area contributed by atoms with Crippen molar-refractivity contribution in [2.75, 3.05) is 29.0 Å². The third kappa shape index (κ3) is 6.93. The monoisotopic (exact) mass is 444 g/mol. The molecule has 3 rings (SSSR count). The summed E-state index contributed by atoms with van der Waals surface area (Å²) in [5.41, 5.74) is 3.37. The molecular weight excluding hydrogens is 416 g/mol. The van der Waals surface area contributed by atoms with Crippen molar-refractivity contribution >= 4 is 34.9 Å². The molecule has 0 saturated carbocycles. The van der Waals surface area contributed by atoms with Gasteiger partial charge in [-0.2, -0.15) is 0 Å². The van der Waals surface area contributed by atoms with Crippen LogP contribution in [-0.4, -0.2) is 35.8 Å². The van der Waals surface area contributed by atoms with E-state index in [1.54, 1.807) is 36.4 Å². The van der Waals surface area contributed by atoms with E-state index >= 15 is 0 Å². The molecule has 4 amide bonds. The standard InChI is InChI=1S/C26H28N4O3/c1-3-17-30(18-24(31)29-23-12-8-7-9-19(23)2)25(32)20-13-15-22(16-14-20)28-26(33)27-21-10-5-4-6-11-21/h4-16H,3,17-18H2,1-2H3,(H,29,31)(H2,27,28,33). The zero-order valence-corrected chi connectivity index (χ0v) is 18.8. The van der Waals surface area contributed by atoms with Gasteiger partial charge in [-0.25, -0.2) is 4.79 Å². The molecule has 0 bridgehead atoms. The van der Waals surface area contributed by atoms with Crippen molar-refractivity contribution in [2.45, 2.75) is 20.3 Å². The predicted molar refractivity (Wildman–Crippen MR) is 132 cm³/mol. The number of rotatable bonds is 8. The first-order valence-electron chi connectivity index (χ1n) is 10.8. The van der Waals surface area contributed by atoms with Crippen molar-refractivity contribution in [1.29, 1.82) is 0 Å². The van der Waals surface area contributed by atoms with Crippen molar-refractivity contribution < 1.29 is 14.4 Å². The Kier molecular flexibility index (Phi) is 8.18. The number of aryl methyl sites for hydroxylation is 1. The van der Waals surface area contributed by atoms with Gasteiger partial charge >= 0.3 is 6.03 Å². The van der Waals surface area contributed by atoms with Crippen LogP contribution in [0.2, 0.25) is 0 Å². The number of anilines is 3. The normalized spacial score (nSPS) is 10.2. The Morgan fingerprint density at radius 1 is 0.758 bits per heavy atom. The molecule has 0 saturated heterocycles. The molecule has 0 aliphatic carbocycles. The molecule has 0 spiro atoms. The molecule has 0 unspecified atom stereocenters. The lowest BCUT2D eigenvalue weighted by Crippen LogP contribution is -2.38. The average Bonchev–Trinajstić information content (AvgIpc) is 2.81. The summed E-state index contributed by atoms with van der Waals surface area (Å²) < 4.78 is 0. The van der Waals surface area contributed by atoms with Gasteiger partial charge in [0.15, 0.2) is 0 Å². The Morgan fingerprint density at radius 3 is 2.00 bits per heavy atom. The third-order valence-corrected chi connectivity index (χ3v) is 4.96. The predicted octanol–water partition coefficient (Wildman–Crippen LogP) is 5.13. The number of carbonyl (C=O) groups excluding carboxylic acids is 3. The van der Waals surface area contributed by atoms with Gasteiger partial charge in [-0.15, -0.1) is 0 Å². The van der Waals surface area contributed by atoms with Crippen molar-refractivity contribution in [3.8, 4) is 0 Å². The van der Waals surface area contributed by atoms with Gasteiger partial charge in [0.1, 0.15) is 6.54 Å². The maximum atomic E-state index is 13.0. The minimum absolute atomic E-state index is 0.0412. The highest BCUT2D eigenvalue weighted by molar-refractivity contribution is 6.01. The van der Waals surface area contributed by atoms with E-state index in [4.69, 9.17) is 0 Å². The van der Waals surface area contributed by atoms with Crippen LogP contribution in [0.5, 0.6) is 0 Å². The smallest absolute Gasteiger partial charge is 0.323 e. The van der Waals surface area contributed by atoms with E-state index in [1.807, 2.05) is 56.3 Å². The molecular formula is C26H28N4O3. The summed E-state index contributed by atoms with van der Waals surface area (Å²) in [5.74, 6) is -0.487. The Balaban J connectivity index is 1.60. The number of para-hydroxylation sites is 2. The zero-order chi connectivity index (χ0) is 23.6. The molecule has 7 heteroatoms. The van der Waals surface area contributed by atoms with Crippen LogP contribution in [0.4, 0.5) is 21.9 Å². The molecule has 0 fully saturated rings. The summed E-state index contributed by atoms with van der Waals surface area (Å²) in [4.78, 5) is 39.2. The van der Waals surface area contributed by atoms with E-state index in [-0.39, 0.29) is 24.4 Å². The zero-order valence-electron chi connectivity index (χ0n) is 18.8. The fourth-order valence-corrected chi connectivity index (χ4v) is 3.29. The number of nitrogens with zero attached hydrogens (tertiary/aromatic N) is 1. The summed E-state index contributed by atoms with van der Waals surface area (Å²) in [5, 5.41) is 8.34. The molecule has 170 valence electrons. The van der Waals surface area contributed by atoms with E-state index in [0.717, 1.165) is 17.7 Å². The van der Waals surface area contributed by atoms with E-state index in [1.165, 1.54) is 4.90 Å². The molecule has 0 aromatic heterocycles. The first-order chi connectivity index (χ1) is 16.0. The van der Waals surface area contributed by atoms with Crippen LogP contribution in [-0.2, 0) is 4.79 Å². The number of hydrogen-bond donors (Lipinski definition) is 3. The number of carbonyl (C=O) groups is 3. The lowest BCUT2D eigenvalue weighted by Gasteiger charge is -2.22. The molecule has 3 aromatic carbocycles. The van der Waals surface area contributed by atoms with Crippen LogP contribution < -0.4 is 16.0 Å². The molecule has 0 aliphatic rings. The minimum atomic E-state index is -0.374. The molecule has 0 radical (unpaired) electrons. The van der Waals surface area contributed by atoms with Gasteiger partial charge in [0, 0.05) is 29.2 Å². The van der Waals surface area contributed by atoms with E-state index in [0.29, 0.717) is 23.5 Å². The molecule has 0 heterocycles. The van der Waals surface area contributed by atoms with Gasteiger partial charge in [0.2, 0.25) is 5.91 Å². The van der Waals surface area contributed by atoms with Crippen LogP contribution in [0.1, 0.15) is 29.3 Å². The van der Waals surface area contributed by atoms with Crippen LogP contribution in [0.25, 0.3) is 0 Å². The topological polar surface area (TPSA) is 90.5 Å². The van der Waals surface area contributed by atoms with Gasteiger partial charge in [-0.05, 0) is 61.4 Å². The second-order valence-electron chi connectivity index (χ2n) is 7.61. The maximum Gasteiger partial charge on any atom is 0.323 e. The highest BCUT2D eigenvalue weighted by atomic mass is 16.2. The number of benzene rings is 3. The van der Waals surface area contributed by atoms with Gasteiger partial charge in [0.05, 0.1) is 0 Å². The maximum absolute atomic E-state index is 13.0. The van der Waals surface area contributed by atoms with Gasteiger partial charge in [0.25, 0.3) is 5.91 Å². The largest absolute Gasteiger partial charge is 0.329 e. The summed E-state index contributed by atoms with van der Waals surface area (Å²) in [6, 6.07) is 22.9. The van der Waals surface area contributed by atoms with Gasteiger partial charge in [-0.1, -0.05) is 43.3 Å². The Labute approximate surface area is 193 Å². The van der Waals surface area contributed by atoms with Crippen molar-refractivity contribution in [1.82, 2.24) is 4.90 Å². The number of nitrogens with one attached hydrogen (secondary N) is 3. The molecule has 0 aliphatic heterocycles. The van der Waals surface area contributed by atoms with Crippen molar-refractivity contribution in [3.63, 3.8) is 0 Å². The van der Waals surface area contributed by atoms with Gasteiger partial charge in [-0.3, -0.25) is 9.59 Å². The summed E-state index contributed by atoms with van der Waals surface area (Å²) in [7, 11) is 0. The highest BCUT2D eigenvalue weighted by Crippen LogP contribution is 2.15. The molecule has 7 nitrogen and oxygen atoms in total. The summed E-state index contributed by atoms with van der Waals surface area (Å²) in [6.45, 7) is 4.29. The third-order valence-electron chi connectivity index (χ3n) is 4.96. The first-order valence-corrected chi connectivity index (χ1v) is 10.8. The molecule has 3 N–H and O–H groups in total. The fraction of sp³-hybridized carbons (Fsp3) is 0.192. The first kappa shape index (κ1) is 23.5. The Hall–Kier alpha value is -4.13. The van der Waals surface area contributed by atoms with Crippen molar-refractivity contribution in [3.05, 3.63) is 90.0 Å². The number of amides is 4. The van der Waals surface area contributed by atoms with Crippen LogP contribution >= 0.6 is 0 Å². The lowest BCUT2D eigenvalue weighted by atomic mass is 10.1. The number of hydrogen-bond acceptors (Lipinski definition) is 3. The van der Waals surface area contributed by atoms with Crippen molar-refractivity contribution in [2.24, 2.45) is 0 Å². The van der Waals surface area contributed by atoms with E-state index < -0.39 is 0 Å². The Bertz CT molecular complexity index is 1100. The number of urea groups is 1. The average molecular weight is 445 g/mol. The summed E-state index contributed by atoms with van der Waals surface area (Å²) in [6.07, 6.45) is 0.725. The Morgan fingerprint density at radius 2 is 1.36 bits per heavy atom. The van der Waals surface area contributed by atoms with Gasteiger partial charge < -0.3 is 20.9 Å². The SMILES string of the molecule is CCCN(CC(=O)Nc1ccccc1C)C(=O)c1ccc(NC(=O)Nc2ccccc2)cc1. The second-order valence-corrected chi connectivity index (χ2v) is 7.61. The van der Waals surface area contributed by atoms with E-state index in [2.05, 4.69) is 16.0 Å². The molecule has 33 heavy (non-hydrogen) atoms. The van der Waals surface area contributed by atoms with E-state index in [9.17, 15) is 14.4 Å². The second kappa shape index (κ2) is 11.5. The lowest BCUT2D eigenvalue weighted by molar-refractivity contribution is -0.116. The van der Waals surface area contributed by atoms with Crippen LogP contribution in [0.15, 0.2) is 78.9 Å². The molecule has 3 aromatic rings. The highest BCUT2D eigenvalue weighted by Gasteiger charge is 2.19. The summed E-state index contributed by atoms with van der Waals surface area (Å²) >= 11 is 0. The fourth-order valence-electron chi connectivity index (χ4n) is 3.29. The quantitative estimate of drug-likeness (QED) is 0.450. The van der Waals surface area contributed by atoms with Crippen LogP contribution in [0.3, 0.4) is 0 Å². The molecule has 0 atom stereocenters. The van der Waals surface area contributed by atoms with Crippen LogP contribution in [0, 0.1) is 6.92 Å². The minimum Gasteiger partial charge on any atom is -0.329 e.